The van der Waals surface area contributed by atoms with Gasteiger partial charge < -0.3 is 0 Å². The standard InChI is InChI=1S/C4H8N2S/c1-3-4(2)7-6-5-3/h3-4H,1-2H3/t3-,4+/m1/s1. The quantitative estimate of drug-likeness (QED) is 0.443. The van der Waals surface area contributed by atoms with E-state index in [2.05, 4.69) is 23.5 Å². The lowest BCUT2D eigenvalue weighted by molar-refractivity contribution is 0.731. The minimum Gasteiger partial charge on any atom is -0.178 e. The van der Waals surface area contributed by atoms with E-state index in [9.17, 15) is 0 Å². The first-order chi connectivity index (χ1) is 3.30. The fourth-order valence-electron chi connectivity index (χ4n) is 0.358. The van der Waals surface area contributed by atoms with Crippen LogP contribution in [0.5, 0.6) is 0 Å². The second-order valence-electron chi connectivity index (χ2n) is 1.75. The molecule has 2 atom stereocenters. The van der Waals surface area contributed by atoms with E-state index in [1.54, 1.807) is 11.9 Å². The number of hydrogen-bond acceptors (Lipinski definition) is 3. The molecule has 0 unspecified atom stereocenters. The maximum atomic E-state index is 3.91. The summed E-state index contributed by atoms with van der Waals surface area (Å²) in [5, 5.41) is 4.50. The minimum absolute atomic E-state index is 0.435. The third-order valence-corrected chi connectivity index (χ3v) is 2.04. The van der Waals surface area contributed by atoms with Crippen molar-refractivity contribution in [2.75, 3.05) is 0 Å². The Hall–Kier alpha value is -0.0500. The largest absolute Gasteiger partial charge is 0.178 e. The first-order valence-corrected chi connectivity index (χ1v) is 3.20. The normalized spacial score (nSPS) is 39.7. The van der Waals surface area contributed by atoms with Crippen LogP contribution in [-0.4, -0.2) is 11.3 Å². The summed E-state index contributed by atoms with van der Waals surface area (Å²) in [6.07, 6.45) is 0. The Kier molecular flexibility index (Phi) is 1.32. The summed E-state index contributed by atoms with van der Waals surface area (Å²) in [5.41, 5.74) is 0. The van der Waals surface area contributed by atoms with Gasteiger partial charge in [-0.3, -0.25) is 0 Å². The third kappa shape index (κ3) is 0.938. The number of nitrogens with zero attached hydrogens (tertiary/aromatic N) is 2. The van der Waals surface area contributed by atoms with Gasteiger partial charge >= 0.3 is 0 Å². The number of hydrogen-bond donors (Lipinski definition) is 0. The van der Waals surface area contributed by atoms with Crippen LogP contribution in [0.4, 0.5) is 0 Å². The molecule has 0 spiro atoms. The van der Waals surface area contributed by atoms with Crippen molar-refractivity contribution in [2.45, 2.75) is 25.1 Å². The summed E-state index contributed by atoms with van der Waals surface area (Å²) in [7, 11) is 0. The molecule has 0 saturated heterocycles. The second-order valence-corrected chi connectivity index (χ2v) is 2.87. The van der Waals surface area contributed by atoms with Crippen LogP contribution in [0.15, 0.2) is 9.63 Å². The van der Waals surface area contributed by atoms with Gasteiger partial charge in [0.25, 0.3) is 0 Å². The molecule has 0 aromatic heterocycles. The van der Waals surface area contributed by atoms with Crippen molar-refractivity contribution in [3.63, 3.8) is 0 Å². The van der Waals surface area contributed by atoms with E-state index in [4.69, 9.17) is 0 Å². The predicted molar refractivity (Wildman–Crippen MR) is 31.4 cm³/mol. The smallest absolute Gasteiger partial charge is 0.0825 e. The topological polar surface area (TPSA) is 24.7 Å². The minimum atomic E-state index is 0.435. The fraction of sp³-hybridized carbons (Fsp3) is 1.00. The first kappa shape index (κ1) is 5.09. The van der Waals surface area contributed by atoms with Crippen LogP contribution in [0.1, 0.15) is 13.8 Å². The van der Waals surface area contributed by atoms with E-state index in [1.807, 2.05) is 0 Å². The van der Waals surface area contributed by atoms with Crippen molar-refractivity contribution in [1.82, 2.24) is 0 Å². The Morgan fingerprint density at radius 2 is 2.14 bits per heavy atom. The van der Waals surface area contributed by atoms with Gasteiger partial charge in [0.2, 0.25) is 0 Å². The highest BCUT2D eigenvalue weighted by Gasteiger charge is 2.16. The van der Waals surface area contributed by atoms with Gasteiger partial charge in [0.1, 0.15) is 0 Å². The Labute approximate surface area is 47.5 Å². The molecule has 1 rings (SSSR count). The summed E-state index contributed by atoms with van der Waals surface area (Å²) in [4.78, 5) is 0. The highest BCUT2D eigenvalue weighted by Crippen LogP contribution is 2.24. The van der Waals surface area contributed by atoms with Crippen LogP contribution in [0, 0.1) is 0 Å². The second kappa shape index (κ2) is 1.82. The zero-order valence-corrected chi connectivity index (χ0v) is 5.27. The molecule has 0 saturated carbocycles. The molecule has 1 heterocycles. The summed E-state index contributed by atoms with van der Waals surface area (Å²) in [6.45, 7) is 4.21. The molecule has 0 N–H and O–H groups in total. The Morgan fingerprint density at radius 3 is 2.29 bits per heavy atom. The number of rotatable bonds is 0. The molecule has 40 valence electrons. The van der Waals surface area contributed by atoms with Crippen molar-refractivity contribution < 1.29 is 0 Å². The van der Waals surface area contributed by atoms with Gasteiger partial charge in [0, 0.05) is 17.2 Å². The highest BCUT2D eigenvalue weighted by molar-refractivity contribution is 7.98. The predicted octanol–water partition coefficient (Wildman–Crippen LogP) is 1.88. The Morgan fingerprint density at radius 1 is 1.43 bits per heavy atom. The molecule has 0 aromatic rings. The van der Waals surface area contributed by atoms with Crippen molar-refractivity contribution in [2.24, 2.45) is 9.63 Å². The summed E-state index contributed by atoms with van der Waals surface area (Å²) < 4.78 is 3.79. The van der Waals surface area contributed by atoms with Crippen LogP contribution >= 0.6 is 11.9 Å². The van der Waals surface area contributed by atoms with Crippen LogP contribution < -0.4 is 0 Å². The van der Waals surface area contributed by atoms with E-state index in [1.165, 1.54) is 0 Å². The molecule has 1 aliphatic heterocycles. The van der Waals surface area contributed by atoms with E-state index < -0.39 is 0 Å². The van der Waals surface area contributed by atoms with Gasteiger partial charge in [-0.05, 0) is 13.8 Å². The molecule has 0 fully saturated rings. The van der Waals surface area contributed by atoms with E-state index in [-0.39, 0.29) is 0 Å². The van der Waals surface area contributed by atoms with Gasteiger partial charge in [-0.2, -0.15) is 5.11 Å². The summed E-state index contributed by atoms with van der Waals surface area (Å²) >= 11 is 1.56. The lowest BCUT2D eigenvalue weighted by Gasteiger charge is -1.98. The molecular formula is C4H8N2S. The molecule has 3 heteroatoms. The summed E-state index contributed by atoms with van der Waals surface area (Å²) in [6, 6.07) is 0.435. The van der Waals surface area contributed by atoms with Crippen molar-refractivity contribution in [3.05, 3.63) is 0 Å². The van der Waals surface area contributed by atoms with Gasteiger partial charge in [-0.15, -0.1) is 4.52 Å². The lowest BCUT2D eigenvalue weighted by atomic mass is 10.3. The molecule has 0 aromatic carbocycles. The average molecular weight is 116 g/mol. The van der Waals surface area contributed by atoms with Gasteiger partial charge in [0.05, 0.1) is 6.04 Å². The molecule has 0 radical (unpaired) electrons. The van der Waals surface area contributed by atoms with Crippen LogP contribution in [0.2, 0.25) is 0 Å². The van der Waals surface area contributed by atoms with Crippen molar-refractivity contribution in [3.8, 4) is 0 Å². The van der Waals surface area contributed by atoms with Gasteiger partial charge in [-0.1, -0.05) is 0 Å². The van der Waals surface area contributed by atoms with Crippen molar-refractivity contribution in [1.29, 1.82) is 0 Å². The molecule has 0 bridgehead atoms. The lowest BCUT2D eigenvalue weighted by Crippen LogP contribution is -2.06. The average Bonchev–Trinajstić information content (AvgIpc) is 1.91. The van der Waals surface area contributed by atoms with Crippen LogP contribution in [0.25, 0.3) is 0 Å². The first-order valence-electron chi connectivity index (χ1n) is 2.36. The fourth-order valence-corrected chi connectivity index (χ4v) is 0.940. The van der Waals surface area contributed by atoms with Crippen molar-refractivity contribution >= 4 is 11.9 Å². The van der Waals surface area contributed by atoms with Crippen LogP contribution in [-0.2, 0) is 0 Å². The zero-order chi connectivity index (χ0) is 5.28. The molecule has 0 aliphatic carbocycles. The zero-order valence-electron chi connectivity index (χ0n) is 4.46. The molecule has 1 aliphatic rings. The Balaban J connectivity index is 2.45. The van der Waals surface area contributed by atoms with Crippen LogP contribution in [0.3, 0.4) is 0 Å². The third-order valence-electron chi connectivity index (χ3n) is 1.12. The molecule has 7 heavy (non-hydrogen) atoms. The molecular weight excluding hydrogens is 108 g/mol. The van der Waals surface area contributed by atoms with Gasteiger partial charge in [-0.25, -0.2) is 0 Å². The Bertz CT molecular complexity index is 91.7. The van der Waals surface area contributed by atoms with E-state index in [0.717, 1.165) is 0 Å². The monoisotopic (exact) mass is 116 g/mol. The van der Waals surface area contributed by atoms with Gasteiger partial charge in [0.15, 0.2) is 0 Å². The maximum Gasteiger partial charge on any atom is 0.0825 e. The maximum absolute atomic E-state index is 3.91. The van der Waals surface area contributed by atoms with E-state index in [0.29, 0.717) is 11.3 Å². The molecule has 2 nitrogen and oxygen atoms in total. The highest BCUT2D eigenvalue weighted by atomic mass is 32.2. The van der Waals surface area contributed by atoms with E-state index >= 15 is 0 Å². The summed E-state index contributed by atoms with van der Waals surface area (Å²) in [5.74, 6) is 0. The SMILES string of the molecule is C[C@@H]1SN=N[C@@H]1C. The molecule has 0 amide bonds.